The predicted molar refractivity (Wildman–Crippen MR) is 111 cm³/mol. The third-order valence-electron chi connectivity index (χ3n) is 4.96. The second-order valence-corrected chi connectivity index (χ2v) is 8.02. The van der Waals surface area contributed by atoms with Crippen molar-refractivity contribution >= 4 is 22.2 Å². The summed E-state index contributed by atoms with van der Waals surface area (Å²) in [6.07, 6.45) is 0. The number of thiophene rings is 1. The van der Waals surface area contributed by atoms with Crippen molar-refractivity contribution in [3.05, 3.63) is 46.1 Å². The third kappa shape index (κ3) is 3.19. The molecule has 4 heterocycles. The van der Waals surface area contributed by atoms with Gasteiger partial charge in [0.25, 0.3) is 0 Å². The third-order valence-corrected chi connectivity index (χ3v) is 5.64. The molecule has 0 aromatic carbocycles. The maximum atomic E-state index is 5.41. The van der Waals surface area contributed by atoms with Crippen LogP contribution in [0.4, 0.5) is 0 Å². The fourth-order valence-corrected chi connectivity index (χ4v) is 4.22. The standard InChI is InChI=1S/C21H24N4OS/c1-13-10-17-19(25(13)8-7-24(4)5)11-18(20-14(2)23-26-15(20)3)22-21(17)16-6-9-27-12-16/h6,9-12H,7-8H2,1-5H3. The number of hydrogen-bond donors (Lipinski definition) is 0. The van der Waals surface area contributed by atoms with Crippen molar-refractivity contribution in [2.24, 2.45) is 0 Å². The van der Waals surface area contributed by atoms with Crippen LogP contribution in [0.5, 0.6) is 0 Å². The van der Waals surface area contributed by atoms with Gasteiger partial charge in [-0.05, 0) is 58.4 Å². The first-order valence-electron chi connectivity index (χ1n) is 9.07. The van der Waals surface area contributed by atoms with Crippen molar-refractivity contribution in [2.75, 3.05) is 20.6 Å². The van der Waals surface area contributed by atoms with Crippen molar-refractivity contribution in [1.29, 1.82) is 0 Å². The number of rotatable bonds is 5. The van der Waals surface area contributed by atoms with Crippen LogP contribution in [-0.2, 0) is 6.54 Å². The molecule has 5 nitrogen and oxygen atoms in total. The van der Waals surface area contributed by atoms with E-state index in [2.05, 4.69) is 64.6 Å². The normalized spacial score (nSPS) is 11.8. The summed E-state index contributed by atoms with van der Waals surface area (Å²) < 4.78 is 7.79. The molecule has 4 aromatic heterocycles. The van der Waals surface area contributed by atoms with E-state index in [0.717, 1.165) is 47.1 Å². The molecule has 6 heteroatoms. The molecule has 0 fully saturated rings. The molecule has 140 valence electrons. The van der Waals surface area contributed by atoms with E-state index in [4.69, 9.17) is 9.51 Å². The maximum Gasteiger partial charge on any atom is 0.143 e. The quantitative estimate of drug-likeness (QED) is 0.494. The van der Waals surface area contributed by atoms with E-state index < -0.39 is 0 Å². The fraction of sp³-hybridized carbons (Fsp3) is 0.333. The molecule has 0 spiro atoms. The second-order valence-electron chi connectivity index (χ2n) is 7.24. The van der Waals surface area contributed by atoms with Gasteiger partial charge in [0.1, 0.15) is 5.76 Å². The van der Waals surface area contributed by atoms with E-state index in [1.165, 1.54) is 16.6 Å². The summed E-state index contributed by atoms with van der Waals surface area (Å²) in [5.41, 5.74) is 7.43. The Balaban J connectivity index is 1.99. The molecule has 0 aliphatic heterocycles. The highest BCUT2D eigenvalue weighted by molar-refractivity contribution is 7.08. The first-order chi connectivity index (χ1) is 13.0. The maximum absolute atomic E-state index is 5.41. The van der Waals surface area contributed by atoms with E-state index in [1.807, 2.05) is 13.8 Å². The number of likely N-dealkylation sites (N-methyl/N-ethyl adjacent to an activating group) is 1. The van der Waals surface area contributed by atoms with Gasteiger partial charge in [-0.25, -0.2) is 4.98 Å². The smallest absolute Gasteiger partial charge is 0.143 e. The minimum atomic E-state index is 0.804. The Hall–Kier alpha value is -2.44. The van der Waals surface area contributed by atoms with Crippen LogP contribution in [0, 0.1) is 20.8 Å². The molecule has 0 bridgehead atoms. The lowest BCUT2D eigenvalue weighted by Crippen LogP contribution is -2.18. The number of aryl methyl sites for hydroxylation is 3. The highest BCUT2D eigenvalue weighted by atomic mass is 32.1. The fourth-order valence-electron chi connectivity index (χ4n) is 3.58. The first kappa shape index (κ1) is 17.9. The van der Waals surface area contributed by atoms with Crippen LogP contribution in [0.1, 0.15) is 17.1 Å². The van der Waals surface area contributed by atoms with Gasteiger partial charge in [-0.3, -0.25) is 0 Å². The van der Waals surface area contributed by atoms with Crippen molar-refractivity contribution < 1.29 is 4.52 Å². The zero-order valence-electron chi connectivity index (χ0n) is 16.4. The molecule has 0 aliphatic carbocycles. The lowest BCUT2D eigenvalue weighted by molar-refractivity contribution is 0.385. The number of hydrogen-bond acceptors (Lipinski definition) is 5. The van der Waals surface area contributed by atoms with Gasteiger partial charge in [0.2, 0.25) is 0 Å². The second kappa shape index (κ2) is 6.94. The SMILES string of the molecule is Cc1noc(C)c1-c1cc2c(cc(C)n2CCN(C)C)c(-c2ccsc2)n1. The minimum absolute atomic E-state index is 0.804. The summed E-state index contributed by atoms with van der Waals surface area (Å²) in [6.45, 7) is 8.01. The van der Waals surface area contributed by atoms with Crippen LogP contribution in [-0.4, -0.2) is 40.2 Å². The van der Waals surface area contributed by atoms with Crippen LogP contribution >= 0.6 is 11.3 Å². The molecule has 27 heavy (non-hydrogen) atoms. The molecule has 0 N–H and O–H groups in total. The summed E-state index contributed by atoms with van der Waals surface area (Å²) in [7, 11) is 4.21. The highest BCUT2D eigenvalue weighted by Crippen LogP contribution is 2.35. The summed E-state index contributed by atoms with van der Waals surface area (Å²) in [5, 5.41) is 9.58. The van der Waals surface area contributed by atoms with Crippen LogP contribution in [0.3, 0.4) is 0 Å². The van der Waals surface area contributed by atoms with Crippen molar-refractivity contribution in [1.82, 2.24) is 19.6 Å². The van der Waals surface area contributed by atoms with Crippen LogP contribution in [0.15, 0.2) is 33.5 Å². The predicted octanol–water partition coefficient (Wildman–Crippen LogP) is 4.91. The lowest BCUT2D eigenvalue weighted by Gasteiger charge is -2.14. The van der Waals surface area contributed by atoms with Gasteiger partial charge in [0.05, 0.1) is 28.2 Å². The average Bonchev–Trinajstić information content (AvgIpc) is 3.32. The average molecular weight is 381 g/mol. The lowest BCUT2D eigenvalue weighted by atomic mass is 10.1. The van der Waals surface area contributed by atoms with E-state index in [9.17, 15) is 0 Å². The Bertz CT molecular complexity index is 1070. The van der Waals surface area contributed by atoms with Gasteiger partial charge in [-0.1, -0.05) is 5.16 Å². The molecule has 0 atom stereocenters. The monoisotopic (exact) mass is 380 g/mol. The largest absolute Gasteiger partial charge is 0.361 e. The number of pyridine rings is 1. The minimum Gasteiger partial charge on any atom is -0.361 e. The van der Waals surface area contributed by atoms with Crippen molar-refractivity contribution in [3.8, 4) is 22.5 Å². The molecule has 4 rings (SSSR count). The zero-order chi connectivity index (χ0) is 19.1. The van der Waals surface area contributed by atoms with Gasteiger partial charge in [0, 0.05) is 35.1 Å². The van der Waals surface area contributed by atoms with Crippen LogP contribution < -0.4 is 0 Å². The van der Waals surface area contributed by atoms with Crippen LogP contribution in [0.25, 0.3) is 33.4 Å². The summed E-state index contributed by atoms with van der Waals surface area (Å²) in [6, 6.07) is 6.57. The molecule has 0 aliphatic rings. The Labute approximate surface area is 163 Å². The number of fused-ring (bicyclic) bond motifs is 1. The molecular formula is C21H24N4OS. The topological polar surface area (TPSA) is 47.1 Å². The molecule has 0 amide bonds. The van der Waals surface area contributed by atoms with Crippen molar-refractivity contribution in [2.45, 2.75) is 27.3 Å². The number of aromatic nitrogens is 3. The van der Waals surface area contributed by atoms with Gasteiger partial charge < -0.3 is 14.0 Å². The van der Waals surface area contributed by atoms with Crippen LogP contribution in [0.2, 0.25) is 0 Å². The highest BCUT2D eigenvalue weighted by Gasteiger charge is 2.19. The summed E-state index contributed by atoms with van der Waals surface area (Å²) in [5.74, 6) is 0.804. The van der Waals surface area contributed by atoms with E-state index >= 15 is 0 Å². The molecule has 0 radical (unpaired) electrons. The summed E-state index contributed by atoms with van der Waals surface area (Å²) >= 11 is 1.69. The van der Waals surface area contributed by atoms with E-state index in [-0.39, 0.29) is 0 Å². The van der Waals surface area contributed by atoms with Crippen molar-refractivity contribution in [3.63, 3.8) is 0 Å². The van der Waals surface area contributed by atoms with E-state index in [1.54, 1.807) is 11.3 Å². The summed E-state index contributed by atoms with van der Waals surface area (Å²) in [4.78, 5) is 7.25. The first-order valence-corrected chi connectivity index (χ1v) is 10.0. The molecule has 0 saturated heterocycles. The Kier molecular flexibility index (Phi) is 4.61. The zero-order valence-corrected chi connectivity index (χ0v) is 17.2. The van der Waals surface area contributed by atoms with Gasteiger partial charge in [-0.2, -0.15) is 11.3 Å². The van der Waals surface area contributed by atoms with Gasteiger partial charge >= 0.3 is 0 Å². The number of nitrogens with zero attached hydrogens (tertiary/aromatic N) is 4. The Morgan fingerprint density at radius 3 is 2.63 bits per heavy atom. The Morgan fingerprint density at radius 1 is 1.19 bits per heavy atom. The molecule has 4 aromatic rings. The Morgan fingerprint density at radius 2 is 2.00 bits per heavy atom. The molecular weight excluding hydrogens is 356 g/mol. The van der Waals surface area contributed by atoms with Gasteiger partial charge in [0.15, 0.2) is 0 Å². The molecule has 0 saturated carbocycles. The van der Waals surface area contributed by atoms with E-state index in [0.29, 0.717) is 0 Å². The molecule has 0 unspecified atom stereocenters. The van der Waals surface area contributed by atoms with Gasteiger partial charge in [-0.15, -0.1) is 0 Å².